The molecule has 1 aromatic rings. The van der Waals surface area contributed by atoms with Gasteiger partial charge in [-0.2, -0.15) is 0 Å². The smallest absolute Gasteiger partial charge is 0.305 e. The molecule has 20 heavy (non-hydrogen) atoms. The van der Waals surface area contributed by atoms with Gasteiger partial charge < -0.3 is 10.4 Å². The maximum atomic E-state index is 13.1. The van der Waals surface area contributed by atoms with E-state index in [0.717, 1.165) is 25.0 Å². The number of carboxylic acid groups (broad SMARTS) is 1. The Morgan fingerprint density at radius 2 is 2.15 bits per heavy atom. The first-order valence-corrected chi connectivity index (χ1v) is 6.79. The molecule has 1 aromatic carbocycles. The Bertz CT molecular complexity index is 493. The molecular formula is C14H17ClFNO3. The van der Waals surface area contributed by atoms with E-state index in [2.05, 4.69) is 5.32 Å². The monoisotopic (exact) mass is 301 g/mol. The third-order valence-electron chi connectivity index (χ3n) is 2.84. The van der Waals surface area contributed by atoms with Crippen LogP contribution in [-0.4, -0.2) is 23.0 Å². The van der Waals surface area contributed by atoms with Crippen molar-refractivity contribution in [3.63, 3.8) is 0 Å². The highest BCUT2D eigenvalue weighted by Gasteiger charge is 2.18. The topological polar surface area (TPSA) is 66.4 Å². The number of aliphatic carboxylic acids is 1. The Kier molecular flexibility index (Phi) is 6.45. The van der Waals surface area contributed by atoms with Crippen LogP contribution >= 0.6 is 11.6 Å². The van der Waals surface area contributed by atoms with Crippen LogP contribution in [-0.2, 0) is 4.79 Å². The number of halogens is 2. The summed E-state index contributed by atoms with van der Waals surface area (Å²) in [6.45, 7) is 1.98. The molecule has 0 saturated heterocycles. The van der Waals surface area contributed by atoms with Crippen molar-refractivity contribution in [2.24, 2.45) is 0 Å². The number of carboxylic acids is 1. The lowest BCUT2D eigenvalue weighted by Gasteiger charge is -2.17. The minimum absolute atomic E-state index is 0.0125. The highest BCUT2D eigenvalue weighted by molar-refractivity contribution is 6.33. The van der Waals surface area contributed by atoms with Crippen LogP contribution in [0, 0.1) is 5.82 Å². The van der Waals surface area contributed by atoms with E-state index in [-0.39, 0.29) is 17.0 Å². The third-order valence-corrected chi connectivity index (χ3v) is 3.16. The molecule has 0 spiro atoms. The van der Waals surface area contributed by atoms with Crippen LogP contribution in [0.25, 0.3) is 0 Å². The van der Waals surface area contributed by atoms with Crippen molar-refractivity contribution in [2.45, 2.75) is 38.6 Å². The third kappa shape index (κ3) is 5.17. The number of hydrogen-bond acceptors (Lipinski definition) is 2. The molecule has 1 unspecified atom stereocenters. The molecule has 6 heteroatoms. The SMILES string of the molecule is CCCCC(CC(=O)O)NC(=O)c1cc(F)ccc1Cl. The lowest BCUT2D eigenvalue weighted by atomic mass is 10.1. The first kappa shape index (κ1) is 16.4. The lowest BCUT2D eigenvalue weighted by molar-refractivity contribution is -0.137. The van der Waals surface area contributed by atoms with Crippen molar-refractivity contribution in [1.29, 1.82) is 0 Å². The van der Waals surface area contributed by atoms with Crippen LogP contribution in [0.2, 0.25) is 5.02 Å². The Hall–Kier alpha value is -1.62. The Morgan fingerprint density at radius 1 is 1.45 bits per heavy atom. The van der Waals surface area contributed by atoms with Gasteiger partial charge in [-0.15, -0.1) is 0 Å². The fourth-order valence-corrected chi connectivity index (χ4v) is 2.02. The number of carbonyl (C=O) groups is 2. The van der Waals surface area contributed by atoms with Crippen molar-refractivity contribution in [3.8, 4) is 0 Å². The molecule has 0 aliphatic rings. The second-order valence-corrected chi connectivity index (χ2v) is 4.94. The summed E-state index contributed by atoms with van der Waals surface area (Å²) in [7, 11) is 0. The maximum absolute atomic E-state index is 13.1. The van der Waals surface area contributed by atoms with E-state index in [4.69, 9.17) is 16.7 Å². The minimum atomic E-state index is -0.989. The fraction of sp³-hybridized carbons (Fsp3) is 0.429. The molecular weight excluding hydrogens is 285 g/mol. The zero-order valence-corrected chi connectivity index (χ0v) is 11.9. The molecule has 2 N–H and O–H groups in total. The Balaban J connectivity index is 2.78. The summed E-state index contributed by atoms with van der Waals surface area (Å²) in [6, 6.07) is 3.00. The first-order valence-electron chi connectivity index (χ1n) is 6.41. The van der Waals surface area contributed by atoms with Gasteiger partial charge in [-0.05, 0) is 24.6 Å². The molecule has 4 nitrogen and oxygen atoms in total. The van der Waals surface area contributed by atoms with Crippen molar-refractivity contribution in [2.75, 3.05) is 0 Å². The van der Waals surface area contributed by atoms with Crippen LogP contribution in [0.15, 0.2) is 18.2 Å². The van der Waals surface area contributed by atoms with Gasteiger partial charge in [0.05, 0.1) is 17.0 Å². The van der Waals surface area contributed by atoms with Crippen molar-refractivity contribution in [1.82, 2.24) is 5.32 Å². The van der Waals surface area contributed by atoms with E-state index in [1.54, 1.807) is 0 Å². The van der Waals surface area contributed by atoms with Gasteiger partial charge in [0, 0.05) is 6.04 Å². The summed E-state index contributed by atoms with van der Waals surface area (Å²) in [4.78, 5) is 22.8. The molecule has 0 bridgehead atoms. The van der Waals surface area contributed by atoms with E-state index in [1.165, 1.54) is 6.07 Å². The standard InChI is InChI=1S/C14H17ClFNO3/c1-2-3-4-10(8-13(18)19)17-14(20)11-7-9(16)5-6-12(11)15/h5-7,10H,2-4,8H2,1H3,(H,17,20)(H,18,19). The quantitative estimate of drug-likeness (QED) is 0.812. The van der Waals surface area contributed by atoms with E-state index < -0.39 is 23.7 Å². The number of nitrogens with one attached hydrogen (secondary N) is 1. The first-order chi connectivity index (χ1) is 9.43. The predicted octanol–water partition coefficient (Wildman–Crippen LogP) is 3.24. The van der Waals surface area contributed by atoms with Crippen LogP contribution in [0.4, 0.5) is 4.39 Å². The number of amides is 1. The van der Waals surface area contributed by atoms with Gasteiger partial charge in [-0.3, -0.25) is 9.59 Å². The second-order valence-electron chi connectivity index (χ2n) is 4.53. The highest BCUT2D eigenvalue weighted by atomic mass is 35.5. The zero-order valence-electron chi connectivity index (χ0n) is 11.2. The molecule has 110 valence electrons. The van der Waals surface area contributed by atoms with Gasteiger partial charge in [-0.25, -0.2) is 4.39 Å². The number of benzene rings is 1. The molecule has 0 aromatic heterocycles. The van der Waals surface area contributed by atoms with Crippen LogP contribution < -0.4 is 5.32 Å². The average molecular weight is 302 g/mol. The van der Waals surface area contributed by atoms with Gasteiger partial charge in [0.1, 0.15) is 5.82 Å². The number of hydrogen-bond donors (Lipinski definition) is 2. The average Bonchev–Trinajstić information content (AvgIpc) is 2.38. The molecule has 1 rings (SSSR count). The molecule has 1 atom stereocenters. The highest BCUT2D eigenvalue weighted by Crippen LogP contribution is 2.17. The van der Waals surface area contributed by atoms with Crippen LogP contribution in [0.1, 0.15) is 43.0 Å². The van der Waals surface area contributed by atoms with E-state index in [0.29, 0.717) is 6.42 Å². The Morgan fingerprint density at radius 3 is 2.75 bits per heavy atom. The summed E-state index contributed by atoms with van der Waals surface area (Å²) in [5.74, 6) is -2.11. The maximum Gasteiger partial charge on any atom is 0.305 e. The van der Waals surface area contributed by atoms with Gasteiger partial charge in [-0.1, -0.05) is 31.4 Å². The summed E-state index contributed by atoms with van der Waals surface area (Å²) >= 11 is 5.84. The lowest BCUT2D eigenvalue weighted by Crippen LogP contribution is -2.36. The van der Waals surface area contributed by atoms with Crippen molar-refractivity contribution in [3.05, 3.63) is 34.6 Å². The number of carbonyl (C=O) groups excluding carboxylic acids is 1. The molecule has 0 aliphatic heterocycles. The van der Waals surface area contributed by atoms with E-state index in [1.807, 2.05) is 6.92 Å². The van der Waals surface area contributed by atoms with E-state index in [9.17, 15) is 14.0 Å². The van der Waals surface area contributed by atoms with Crippen molar-refractivity contribution >= 4 is 23.5 Å². The molecule has 1 amide bonds. The largest absolute Gasteiger partial charge is 0.481 e. The summed E-state index contributed by atoms with van der Waals surface area (Å²) < 4.78 is 13.1. The molecule has 0 saturated carbocycles. The Labute approximate surface area is 121 Å². The number of rotatable bonds is 7. The van der Waals surface area contributed by atoms with Gasteiger partial charge in [0.15, 0.2) is 0 Å². The number of unbranched alkanes of at least 4 members (excludes halogenated alkanes) is 1. The fourth-order valence-electron chi connectivity index (χ4n) is 1.82. The van der Waals surface area contributed by atoms with Crippen LogP contribution in [0.5, 0.6) is 0 Å². The zero-order chi connectivity index (χ0) is 15.1. The minimum Gasteiger partial charge on any atom is -0.481 e. The predicted molar refractivity (Wildman–Crippen MR) is 74.4 cm³/mol. The van der Waals surface area contributed by atoms with E-state index >= 15 is 0 Å². The summed E-state index contributed by atoms with van der Waals surface area (Å²) in [5, 5.41) is 11.6. The van der Waals surface area contributed by atoms with Gasteiger partial charge >= 0.3 is 5.97 Å². The summed E-state index contributed by atoms with van der Waals surface area (Å²) in [5.41, 5.74) is 0.0125. The molecule has 0 aliphatic carbocycles. The van der Waals surface area contributed by atoms with Gasteiger partial charge in [0.25, 0.3) is 5.91 Å². The van der Waals surface area contributed by atoms with Crippen LogP contribution in [0.3, 0.4) is 0 Å². The summed E-state index contributed by atoms with van der Waals surface area (Å²) in [6.07, 6.45) is 2.09. The van der Waals surface area contributed by atoms with Crippen molar-refractivity contribution < 1.29 is 19.1 Å². The molecule has 0 fully saturated rings. The second kappa shape index (κ2) is 7.85. The molecule has 0 radical (unpaired) electrons. The normalized spacial score (nSPS) is 11.9. The molecule has 0 heterocycles. The van der Waals surface area contributed by atoms with Gasteiger partial charge in [0.2, 0.25) is 0 Å².